The van der Waals surface area contributed by atoms with Crippen LogP contribution in [0.15, 0.2) is 18.2 Å². The first-order valence-electron chi connectivity index (χ1n) is 8.48. The van der Waals surface area contributed by atoms with Crippen molar-refractivity contribution in [2.75, 3.05) is 40.0 Å². The second kappa shape index (κ2) is 7.77. The van der Waals surface area contributed by atoms with Crippen LogP contribution in [0.2, 0.25) is 0 Å². The summed E-state index contributed by atoms with van der Waals surface area (Å²) in [5, 5.41) is 0. The number of benzene rings is 1. The predicted molar refractivity (Wildman–Crippen MR) is 92.1 cm³/mol. The van der Waals surface area contributed by atoms with Crippen molar-refractivity contribution in [3.8, 4) is 0 Å². The van der Waals surface area contributed by atoms with E-state index in [1.165, 1.54) is 5.56 Å². The molecule has 0 radical (unpaired) electrons. The minimum atomic E-state index is 0.0600. The monoisotopic (exact) mass is 331 g/mol. The van der Waals surface area contributed by atoms with Crippen molar-refractivity contribution in [1.82, 2.24) is 14.9 Å². The summed E-state index contributed by atoms with van der Waals surface area (Å²) in [4.78, 5) is 22.2. The summed E-state index contributed by atoms with van der Waals surface area (Å²) >= 11 is 0. The van der Waals surface area contributed by atoms with Gasteiger partial charge in [0.2, 0.25) is 5.91 Å². The van der Waals surface area contributed by atoms with Gasteiger partial charge in [0.05, 0.1) is 24.2 Å². The number of imidazole rings is 1. The van der Waals surface area contributed by atoms with Crippen LogP contribution in [0.3, 0.4) is 0 Å². The molecular weight excluding hydrogens is 306 g/mol. The number of H-pyrrole nitrogens is 1. The third-order valence-corrected chi connectivity index (χ3v) is 4.55. The summed E-state index contributed by atoms with van der Waals surface area (Å²) in [5.74, 6) is 1.49. The number of piperidine rings is 1. The van der Waals surface area contributed by atoms with E-state index in [1.807, 2.05) is 4.90 Å². The van der Waals surface area contributed by atoms with Crippen LogP contribution >= 0.6 is 0 Å². The Kier molecular flexibility index (Phi) is 5.48. The van der Waals surface area contributed by atoms with E-state index < -0.39 is 0 Å². The molecule has 2 aromatic rings. The Balaban J connectivity index is 1.53. The number of carbonyl (C=O) groups is 1. The molecule has 0 bridgehead atoms. The van der Waals surface area contributed by atoms with Crippen LogP contribution in [0.1, 0.15) is 30.1 Å². The zero-order valence-electron chi connectivity index (χ0n) is 14.4. The van der Waals surface area contributed by atoms with Crippen LogP contribution in [0.4, 0.5) is 0 Å². The zero-order chi connectivity index (χ0) is 16.9. The van der Waals surface area contributed by atoms with Gasteiger partial charge in [0.25, 0.3) is 0 Å². The van der Waals surface area contributed by atoms with Gasteiger partial charge in [0, 0.05) is 26.1 Å². The van der Waals surface area contributed by atoms with Gasteiger partial charge in [0.1, 0.15) is 12.4 Å². The summed E-state index contributed by atoms with van der Waals surface area (Å²) in [6, 6.07) is 6.26. The Hall–Kier alpha value is -1.92. The Bertz CT molecular complexity index is 690. The molecule has 0 unspecified atom stereocenters. The Morgan fingerprint density at radius 3 is 2.88 bits per heavy atom. The highest BCUT2D eigenvalue weighted by molar-refractivity contribution is 5.77. The third kappa shape index (κ3) is 3.94. The van der Waals surface area contributed by atoms with Gasteiger partial charge in [-0.15, -0.1) is 0 Å². The largest absolute Gasteiger partial charge is 0.382 e. The van der Waals surface area contributed by atoms with E-state index in [9.17, 15) is 4.79 Å². The molecule has 1 aromatic carbocycles. The highest BCUT2D eigenvalue weighted by Gasteiger charge is 2.25. The van der Waals surface area contributed by atoms with Crippen LogP contribution in [0.5, 0.6) is 0 Å². The number of methoxy groups -OCH3 is 1. The SMILES string of the molecule is COCCOCC(=O)N1CCC(c2nc3ccc(C)cc3[nH]2)CC1. The maximum atomic E-state index is 12.1. The number of carbonyl (C=O) groups excluding carboxylic acids is 1. The van der Waals surface area contributed by atoms with E-state index in [2.05, 4.69) is 30.1 Å². The number of aromatic amines is 1. The van der Waals surface area contributed by atoms with E-state index in [0.29, 0.717) is 19.1 Å². The number of hydrogen-bond donors (Lipinski definition) is 1. The fourth-order valence-corrected chi connectivity index (χ4v) is 3.13. The molecule has 1 amide bonds. The molecule has 0 aliphatic carbocycles. The van der Waals surface area contributed by atoms with Gasteiger partial charge in [-0.25, -0.2) is 4.98 Å². The molecule has 1 N–H and O–H groups in total. The fraction of sp³-hybridized carbons (Fsp3) is 0.556. The lowest BCUT2D eigenvalue weighted by Crippen LogP contribution is -2.40. The van der Waals surface area contributed by atoms with Crippen LogP contribution in [-0.2, 0) is 14.3 Å². The second-order valence-corrected chi connectivity index (χ2v) is 6.34. The van der Waals surface area contributed by atoms with Gasteiger partial charge < -0.3 is 19.4 Å². The van der Waals surface area contributed by atoms with Crippen molar-refractivity contribution in [1.29, 1.82) is 0 Å². The van der Waals surface area contributed by atoms with Crippen molar-refractivity contribution in [3.05, 3.63) is 29.6 Å². The van der Waals surface area contributed by atoms with E-state index in [0.717, 1.165) is 42.8 Å². The number of hydrogen-bond acceptors (Lipinski definition) is 4. The van der Waals surface area contributed by atoms with Gasteiger partial charge in [-0.05, 0) is 37.5 Å². The van der Waals surface area contributed by atoms with Crippen LogP contribution in [0.25, 0.3) is 11.0 Å². The smallest absolute Gasteiger partial charge is 0.248 e. The first kappa shape index (κ1) is 16.9. The number of amides is 1. The molecule has 2 heterocycles. The minimum Gasteiger partial charge on any atom is -0.382 e. The average molecular weight is 331 g/mol. The third-order valence-electron chi connectivity index (χ3n) is 4.55. The fourth-order valence-electron chi connectivity index (χ4n) is 3.13. The summed E-state index contributed by atoms with van der Waals surface area (Å²) in [5.41, 5.74) is 3.34. The first-order chi connectivity index (χ1) is 11.7. The standard InChI is InChI=1S/C18H25N3O3/c1-13-3-4-15-16(11-13)20-18(19-15)14-5-7-21(8-6-14)17(22)12-24-10-9-23-2/h3-4,11,14H,5-10,12H2,1-2H3,(H,19,20). The van der Waals surface area contributed by atoms with Crippen molar-refractivity contribution in [2.24, 2.45) is 0 Å². The molecule has 1 fully saturated rings. The highest BCUT2D eigenvalue weighted by atomic mass is 16.5. The second-order valence-electron chi connectivity index (χ2n) is 6.34. The lowest BCUT2D eigenvalue weighted by Gasteiger charge is -2.31. The molecule has 24 heavy (non-hydrogen) atoms. The molecule has 1 aromatic heterocycles. The molecule has 1 aliphatic heterocycles. The number of aromatic nitrogens is 2. The van der Waals surface area contributed by atoms with Gasteiger partial charge in [0.15, 0.2) is 0 Å². The number of likely N-dealkylation sites (tertiary alicyclic amines) is 1. The Morgan fingerprint density at radius 2 is 2.12 bits per heavy atom. The molecule has 6 heteroatoms. The van der Waals surface area contributed by atoms with E-state index >= 15 is 0 Å². The zero-order valence-corrected chi connectivity index (χ0v) is 14.4. The summed E-state index contributed by atoms with van der Waals surface area (Å²) < 4.78 is 10.2. The normalized spacial score (nSPS) is 16.0. The molecule has 6 nitrogen and oxygen atoms in total. The van der Waals surface area contributed by atoms with Crippen molar-refractivity contribution >= 4 is 16.9 Å². The number of nitrogens with zero attached hydrogens (tertiary/aromatic N) is 2. The van der Waals surface area contributed by atoms with Crippen LogP contribution < -0.4 is 0 Å². The lowest BCUT2D eigenvalue weighted by molar-refractivity contribution is -0.137. The predicted octanol–water partition coefficient (Wildman–Crippen LogP) is 2.24. The van der Waals surface area contributed by atoms with Gasteiger partial charge >= 0.3 is 0 Å². The lowest BCUT2D eigenvalue weighted by atomic mass is 9.96. The molecule has 1 saturated heterocycles. The summed E-state index contributed by atoms with van der Waals surface area (Å²) in [7, 11) is 1.62. The molecule has 0 spiro atoms. The van der Waals surface area contributed by atoms with Crippen molar-refractivity contribution in [2.45, 2.75) is 25.7 Å². The number of fused-ring (bicyclic) bond motifs is 1. The molecule has 0 saturated carbocycles. The maximum absolute atomic E-state index is 12.1. The van der Waals surface area contributed by atoms with E-state index in [-0.39, 0.29) is 12.5 Å². The minimum absolute atomic E-state index is 0.0600. The topological polar surface area (TPSA) is 67.5 Å². The van der Waals surface area contributed by atoms with Crippen LogP contribution in [0, 0.1) is 6.92 Å². The summed E-state index contributed by atoms with van der Waals surface area (Å²) in [6.07, 6.45) is 1.87. The van der Waals surface area contributed by atoms with Gasteiger partial charge in [-0.2, -0.15) is 0 Å². The Labute approximate surface area is 142 Å². The quantitative estimate of drug-likeness (QED) is 0.824. The van der Waals surface area contributed by atoms with E-state index in [1.54, 1.807) is 7.11 Å². The Morgan fingerprint density at radius 1 is 1.33 bits per heavy atom. The summed E-state index contributed by atoms with van der Waals surface area (Å²) in [6.45, 7) is 4.70. The number of ether oxygens (including phenoxy) is 2. The molecule has 3 rings (SSSR count). The number of aryl methyl sites for hydroxylation is 1. The molecule has 130 valence electrons. The molecule has 0 atom stereocenters. The molecule has 1 aliphatic rings. The first-order valence-corrected chi connectivity index (χ1v) is 8.48. The van der Waals surface area contributed by atoms with Gasteiger partial charge in [-0.1, -0.05) is 6.07 Å². The van der Waals surface area contributed by atoms with E-state index in [4.69, 9.17) is 14.5 Å². The number of nitrogens with one attached hydrogen (secondary N) is 1. The maximum Gasteiger partial charge on any atom is 0.248 e. The van der Waals surface area contributed by atoms with Crippen molar-refractivity contribution in [3.63, 3.8) is 0 Å². The van der Waals surface area contributed by atoms with Crippen molar-refractivity contribution < 1.29 is 14.3 Å². The van der Waals surface area contributed by atoms with Crippen LogP contribution in [-0.4, -0.2) is 60.8 Å². The average Bonchev–Trinajstić information content (AvgIpc) is 3.02. The van der Waals surface area contributed by atoms with Gasteiger partial charge in [-0.3, -0.25) is 4.79 Å². The number of rotatable bonds is 6. The highest BCUT2D eigenvalue weighted by Crippen LogP contribution is 2.28. The molecular formula is C18H25N3O3.